The van der Waals surface area contributed by atoms with Gasteiger partial charge in [-0.3, -0.25) is 4.79 Å². The van der Waals surface area contributed by atoms with Gasteiger partial charge in [0.05, 0.1) is 0 Å². The highest BCUT2D eigenvalue weighted by atomic mass is 16.2. The minimum Gasteiger partial charge on any atom is -0.367 e. The number of fused-ring (bicyclic) bond motifs is 1. The summed E-state index contributed by atoms with van der Waals surface area (Å²) >= 11 is 0. The summed E-state index contributed by atoms with van der Waals surface area (Å²) in [5.74, 6) is 0.173. The molecule has 3 rings (SSSR count). The van der Waals surface area contributed by atoms with Crippen LogP contribution in [0.3, 0.4) is 0 Å². The van der Waals surface area contributed by atoms with Gasteiger partial charge in [0.25, 0.3) is 0 Å². The molecule has 1 unspecified atom stereocenters. The summed E-state index contributed by atoms with van der Waals surface area (Å²) in [4.78, 5) is 19.1. The smallest absolute Gasteiger partial charge is 0.219 e. The van der Waals surface area contributed by atoms with Crippen molar-refractivity contribution in [2.45, 2.75) is 19.9 Å². The second kappa shape index (κ2) is 4.61. The fourth-order valence-electron chi connectivity index (χ4n) is 2.99. The van der Waals surface area contributed by atoms with Gasteiger partial charge in [-0.1, -0.05) is 6.07 Å². The van der Waals surface area contributed by atoms with E-state index in [4.69, 9.17) is 0 Å². The Morgan fingerprint density at radius 1 is 1.32 bits per heavy atom. The molecule has 0 spiro atoms. The van der Waals surface area contributed by atoms with E-state index in [9.17, 15) is 4.79 Å². The number of piperazine rings is 1. The number of carbonyl (C=O) groups excluding carboxylic acids is 1. The van der Waals surface area contributed by atoms with Crippen LogP contribution in [0.1, 0.15) is 13.8 Å². The molecule has 4 heteroatoms. The Balaban J connectivity index is 1.88. The maximum Gasteiger partial charge on any atom is 0.219 e. The normalized spacial score (nSPS) is 20.0. The van der Waals surface area contributed by atoms with E-state index < -0.39 is 0 Å². The van der Waals surface area contributed by atoms with E-state index in [0.29, 0.717) is 0 Å². The van der Waals surface area contributed by atoms with Crippen LogP contribution in [0.25, 0.3) is 10.9 Å². The summed E-state index contributed by atoms with van der Waals surface area (Å²) in [6.45, 7) is 6.36. The maximum absolute atomic E-state index is 11.5. The predicted molar refractivity (Wildman–Crippen MR) is 77.4 cm³/mol. The van der Waals surface area contributed by atoms with Gasteiger partial charge in [0, 0.05) is 55.4 Å². The molecule has 1 aromatic heterocycles. The zero-order chi connectivity index (χ0) is 13.4. The molecule has 2 aromatic rings. The molecule has 2 heterocycles. The molecule has 1 N–H and O–H groups in total. The van der Waals surface area contributed by atoms with Crippen molar-refractivity contribution in [3.63, 3.8) is 0 Å². The van der Waals surface area contributed by atoms with Crippen molar-refractivity contribution in [2.75, 3.05) is 24.5 Å². The summed E-state index contributed by atoms with van der Waals surface area (Å²) in [5.41, 5.74) is 2.42. The van der Waals surface area contributed by atoms with E-state index in [0.717, 1.165) is 19.6 Å². The van der Waals surface area contributed by atoms with Crippen molar-refractivity contribution in [2.24, 2.45) is 0 Å². The number of rotatable bonds is 1. The lowest BCUT2D eigenvalue weighted by Crippen LogP contribution is -2.53. The van der Waals surface area contributed by atoms with Crippen LogP contribution >= 0.6 is 0 Å². The monoisotopic (exact) mass is 257 g/mol. The van der Waals surface area contributed by atoms with E-state index in [1.165, 1.54) is 16.6 Å². The standard InChI is InChI=1S/C15H19N3O/c1-11-10-17(8-9-18(11)12(2)19)15-5-3-4-14-13(15)6-7-16-14/h3-7,11,16H,8-10H2,1-2H3. The first-order valence-electron chi connectivity index (χ1n) is 6.75. The topological polar surface area (TPSA) is 39.3 Å². The molecule has 1 aromatic carbocycles. The Morgan fingerprint density at radius 3 is 2.89 bits per heavy atom. The second-order valence-electron chi connectivity index (χ2n) is 5.22. The fourth-order valence-corrected chi connectivity index (χ4v) is 2.99. The summed E-state index contributed by atoms with van der Waals surface area (Å²) in [7, 11) is 0. The van der Waals surface area contributed by atoms with Crippen LogP contribution in [0.2, 0.25) is 0 Å². The van der Waals surface area contributed by atoms with Crippen LogP contribution in [-0.2, 0) is 4.79 Å². The highest BCUT2D eigenvalue weighted by molar-refractivity contribution is 5.92. The van der Waals surface area contributed by atoms with Gasteiger partial charge in [0.15, 0.2) is 0 Å². The Kier molecular flexibility index (Phi) is 2.93. The molecule has 0 bridgehead atoms. The van der Waals surface area contributed by atoms with Gasteiger partial charge >= 0.3 is 0 Å². The molecule has 1 saturated heterocycles. The predicted octanol–water partition coefficient (Wildman–Crippen LogP) is 2.22. The Hall–Kier alpha value is -1.97. The van der Waals surface area contributed by atoms with Crippen LogP contribution in [0, 0.1) is 0 Å². The number of hydrogen-bond acceptors (Lipinski definition) is 2. The number of hydrogen-bond donors (Lipinski definition) is 1. The summed E-state index contributed by atoms with van der Waals surface area (Å²) in [6, 6.07) is 8.71. The van der Waals surface area contributed by atoms with Crippen molar-refractivity contribution in [3.8, 4) is 0 Å². The first-order chi connectivity index (χ1) is 9.16. The number of nitrogens with zero attached hydrogens (tertiary/aromatic N) is 2. The summed E-state index contributed by atoms with van der Waals surface area (Å²) in [5, 5.41) is 1.26. The third-order valence-corrected chi connectivity index (χ3v) is 3.94. The molecule has 1 atom stereocenters. The van der Waals surface area contributed by atoms with Crippen LogP contribution in [0.15, 0.2) is 30.5 Å². The van der Waals surface area contributed by atoms with Gasteiger partial charge in [-0.05, 0) is 25.1 Å². The Morgan fingerprint density at radius 2 is 2.16 bits per heavy atom. The zero-order valence-electron chi connectivity index (χ0n) is 11.4. The molecule has 1 fully saturated rings. The van der Waals surface area contributed by atoms with Gasteiger partial charge in [-0.2, -0.15) is 0 Å². The van der Waals surface area contributed by atoms with E-state index in [2.05, 4.69) is 41.1 Å². The van der Waals surface area contributed by atoms with E-state index in [1.54, 1.807) is 6.92 Å². The highest BCUT2D eigenvalue weighted by Crippen LogP contribution is 2.27. The van der Waals surface area contributed by atoms with Crippen LogP contribution in [0.5, 0.6) is 0 Å². The zero-order valence-corrected chi connectivity index (χ0v) is 11.4. The number of H-pyrrole nitrogens is 1. The van der Waals surface area contributed by atoms with E-state index in [-0.39, 0.29) is 11.9 Å². The molecule has 1 aliphatic heterocycles. The number of benzene rings is 1. The average Bonchev–Trinajstić information content (AvgIpc) is 2.86. The maximum atomic E-state index is 11.5. The summed E-state index contributed by atoms with van der Waals surface area (Å²) in [6.07, 6.45) is 1.98. The molecule has 0 aliphatic carbocycles. The number of carbonyl (C=O) groups is 1. The quantitative estimate of drug-likeness (QED) is 0.851. The molecule has 0 saturated carbocycles. The Labute approximate surface area is 113 Å². The molecule has 4 nitrogen and oxygen atoms in total. The summed E-state index contributed by atoms with van der Waals surface area (Å²) < 4.78 is 0. The molecule has 1 amide bonds. The van der Waals surface area contributed by atoms with Gasteiger partial charge < -0.3 is 14.8 Å². The van der Waals surface area contributed by atoms with Crippen LogP contribution in [0.4, 0.5) is 5.69 Å². The number of nitrogens with one attached hydrogen (secondary N) is 1. The van der Waals surface area contributed by atoms with Crippen molar-refractivity contribution in [1.29, 1.82) is 0 Å². The molecular formula is C15H19N3O. The van der Waals surface area contributed by atoms with Gasteiger partial charge in [-0.15, -0.1) is 0 Å². The number of amides is 1. The second-order valence-corrected chi connectivity index (χ2v) is 5.22. The van der Waals surface area contributed by atoms with E-state index >= 15 is 0 Å². The lowest BCUT2D eigenvalue weighted by atomic mass is 10.1. The van der Waals surface area contributed by atoms with Crippen LogP contribution < -0.4 is 4.90 Å². The average molecular weight is 257 g/mol. The third kappa shape index (κ3) is 2.07. The van der Waals surface area contributed by atoms with Crippen molar-refractivity contribution in [3.05, 3.63) is 30.5 Å². The largest absolute Gasteiger partial charge is 0.367 e. The third-order valence-electron chi connectivity index (χ3n) is 3.94. The molecular weight excluding hydrogens is 238 g/mol. The minimum atomic E-state index is 0.173. The van der Waals surface area contributed by atoms with Crippen molar-refractivity contribution < 1.29 is 4.79 Å². The van der Waals surface area contributed by atoms with E-state index in [1.807, 2.05) is 11.1 Å². The van der Waals surface area contributed by atoms with Crippen molar-refractivity contribution >= 4 is 22.5 Å². The van der Waals surface area contributed by atoms with Crippen LogP contribution in [-0.4, -0.2) is 41.5 Å². The lowest BCUT2D eigenvalue weighted by molar-refractivity contribution is -0.131. The number of aromatic amines is 1. The van der Waals surface area contributed by atoms with Crippen molar-refractivity contribution in [1.82, 2.24) is 9.88 Å². The van der Waals surface area contributed by atoms with Gasteiger partial charge in [-0.25, -0.2) is 0 Å². The first-order valence-corrected chi connectivity index (χ1v) is 6.75. The van der Waals surface area contributed by atoms with Gasteiger partial charge in [0.1, 0.15) is 0 Å². The minimum absolute atomic E-state index is 0.173. The SMILES string of the molecule is CC(=O)N1CCN(c2cccc3[nH]ccc23)CC1C. The number of anilines is 1. The molecule has 100 valence electrons. The number of aromatic nitrogens is 1. The molecule has 19 heavy (non-hydrogen) atoms. The van der Waals surface area contributed by atoms with Gasteiger partial charge in [0.2, 0.25) is 5.91 Å². The lowest BCUT2D eigenvalue weighted by Gasteiger charge is -2.40. The molecule has 1 aliphatic rings. The fraction of sp³-hybridized carbons (Fsp3) is 0.400. The first kappa shape index (κ1) is 12.1. The molecule has 0 radical (unpaired) electrons. The highest BCUT2D eigenvalue weighted by Gasteiger charge is 2.26. The Bertz CT molecular complexity index is 604.